The van der Waals surface area contributed by atoms with E-state index in [1.54, 1.807) is 0 Å². The minimum absolute atomic E-state index is 0.0540. The van der Waals surface area contributed by atoms with Crippen LogP contribution in [0.2, 0.25) is 5.02 Å². The fourth-order valence-electron chi connectivity index (χ4n) is 2.10. The van der Waals surface area contributed by atoms with Crippen molar-refractivity contribution in [2.45, 2.75) is 0 Å². The number of hydrogen-bond acceptors (Lipinski definition) is 4. The molecule has 112 valence electrons. The van der Waals surface area contributed by atoms with Crippen molar-refractivity contribution in [1.29, 1.82) is 0 Å². The van der Waals surface area contributed by atoms with Gasteiger partial charge in [-0.25, -0.2) is 0 Å². The van der Waals surface area contributed by atoms with Gasteiger partial charge in [-0.1, -0.05) is 11.6 Å². The third-order valence-electron chi connectivity index (χ3n) is 3.05. The molecule has 21 heavy (non-hydrogen) atoms. The molecule has 1 heterocycles. The fourth-order valence-corrected chi connectivity index (χ4v) is 2.27. The second-order valence-corrected chi connectivity index (χ2v) is 5.11. The molecule has 1 atom stereocenters. The van der Waals surface area contributed by atoms with Gasteiger partial charge in [-0.3, -0.25) is 19.7 Å². The third kappa shape index (κ3) is 4.14. The zero-order valence-electron chi connectivity index (χ0n) is 11.0. The number of quaternary nitrogens is 1. The molecule has 0 bridgehead atoms. The van der Waals surface area contributed by atoms with Crippen molar-refractivity contribution < 1.29 is 19.4 Å². The van der Waals surface area contributed by atoms with Crippen molar-refractivity contribution in [1.82, 2.24) is 5.32 Å². The lowest BCUT2D eigenvalue weighted by Gasteiger charge is -2.22. The molecular formula is C12H14ClN4O4+. The number of benzene rings is 1. The van der Waals surface area contributed by atoms with Crippen molar-refractivity contribution >= 4 is 34.8 Å². The molecule has 1 aromatic carbocycles. The second-order valence-electron chi connectivity index (χ2n) is 4.67. The molecule has 9 heteroatoms. The first-order chi connectivity index (χ1) is 9.95. The summed E-state index contributed by atoms with van der Waals surface area (Å²) in [6, 6.07) is 3.95. The normalized spacial score (nSPS) is 18.0. The minimum Gasteiger partial charge on any atom is -0.346 e. The Morgan fingerprint density at radius 2 is 2.29 bits per heavy atom. The molecular weight excluding hydrogens is 300 g/mol. The van der Waals surface area contributed by atoms with Crippen molar-refractivity contribution in [3.63, 3.8) is 0 Å². The highest BCUT2D eigenvalue weighted by Crippen LogP contribution is 2.27. The smallest absolute Gasteiger partial charge is 0.292 e. The number of nitro benzene ring substituents is 1. The van der Waals surface area contributed by atoms with Gasteiger partial charge in [0.1, 0.15) is 5.69 Å². The predicted octanol–water partition coefficient (Wildman–Crippen LogP) is -0.799. The Balaban J connectivity index is 2.03. The summed E-state index contributed by atoms with van der Waals surface area (Å²) in [6.45, 7) is 1.43. The maximum atomic E-state index is 11.9. The quantitative estimate of drug-likeness (QED) is 0.500. The maximum absolute atomic E-state index is 11.9. The number of anilines is 1. The van der Waals surface area contributed by atoms with Gasteiger partial charge in [0.2, 0.25) is 0 Å². The molecule has 1 aliphatic rings. The molecule has 0 spiro atoms. The largest absolute Gasteiger partial charge is 0.346 e. The number of hydrogen-bond donors (Lipinski definition) is 3. The lowest BCUT2D eigenvalue weighted by molar-refractivity contribution is -0.885. The molecule has 0 aromatic heterocycles. The van der Waals surface area contributed by atoms with Gasteiger partial charge in [0.05, 0.1) is 18.0 Å². The van der Waals surface area contributed by atoms with Gasteiger partial charge in [-0.2, -0.15) is 0 Å². The number of halogens is 1. The number of nitro groups is 1. The zero-order valence-corrected chi connectivity index (χ0v) is 11.8. The van der Waals surface area contributed by atoms with Gasteiger partial charge >= 0.3 is 0 Å². The number of carbonyl (C=O) groups is 2. The summed E-state index contributed by atoms with van der Waals surface area (Å²) < 4.78 is 0. The van der Waals surface area contributed by atoms with Crippen LogP contribution in [0.1, 0.15) is 0 Å². The molecule has 8 nitrogen and oxygen atoms in total. The van der Waals surface area contributed by atoms with E-state index in [0.717, 1.165) is 4.90 Å². The number of piperazine rings is 1. The van der Waals surface area contributed by atoms with E-state index in [1.165, 1.54) is 18.2 Å². The Morgan fingerprint density at radius 3 is 2.95 bits per heavy atom. The topological polar surface area (TPSA) is 106 Å². The Kier molecular flexibility index (Phi) is 4.71. The summed E-state index contributed by atoms with van der Waals surface area (Å²) in [5.74, 6) is -0.511. The predicted molar refractivity (Wildman–Crippen MR) is 75.3 cm³/mol. The van der Waals surface area contributed by atoms with Crippen molar-refractivity contribution in [2.75, 3.05) is 31.5 Å². The van der Waals surface area contributed by atoms with E-state index in [-0.39, 0.29) is 30.4 Å². The van der Waals surface area contributed by atoms with Crippen LogP contribution in [0.4, 0.5) is 11.4 Å². The number of carbonyl (C=O) groups excluding carboxylic acids is 2. The summed E-state index contributed by atoms with van der Waals surface area (Å²) in [4.78, 5) is 34.3. The first kappa shape index (κ1) is 15.2. The number of nitrogens with zero attached hydrogens (tertiary/aromatic N) is 1. The molecule has 0 radical (unpaired) electrons. The highest BCUT2D eigenvalue weighted by molar-refractivity contribution is 6.31. The van der Waals surface area contributed by atoms with E-state index in [2.05, 4.69) is 10.6 Å². The Morgan fingerprint density at radius 1 is 1.52 bits per heavy atom. The van der Waals surface area contributed by atoms with Crippen molar-refractivity contribution in [3.8, 4) is 0 Å². The first-order valence-corrected chi connectivity index (χ1v) is 6.67. The standard InChI is InChI=1S/C12H13ClN4O4/c13-8-1-2-10(17(20)21)9(5-8)15-12(19)7-16-4-3-14-11(18)6-16/h1-2,5H,3-4,6-7H2,(H,14,18)(H,15,19)/p+1. The third-order valence-corrected chi connectivity index (χ3v) is 3.29. The Bertz CT molecular complexity index is 593. The average Bonchev–Trinajstić information content (AvgIpc) is 2.38. The maximum Gasteiger partial charge on any atom is 0.292 e. The summed E-state index contributed by atoms with van der Waals surface area (Å²) in [7, 11) is 0. The van der Waals surface area contributed by atoms with E-state index < -0.39 is 10.8 Å². The molecule has 2 amide bonds. The lowest BCUT2D eigenvalue weighted by atomic mass is 10.2. The summed E-state index contributed by atoms with van der Waals surface area (Å²) in [5, 5.41) is 16.3. The van der Waals surface area contributed by atoms with Crippen LogP contribution in [0, 0.1) is 10.1 Å². The molecule has 1 saturated heterocycles. The van der Waals surface area contributed by atoms with Gasteiger partial charge in [0.15, 0.2) is 13.1 Å². The van der Waals surface area contributed by atoms with Crippen LogP contribution in [0.5, 0.6) is 0 Å². The lowest BCUT2D eigenvalue weighted by Crippen LogP contribution is -3.16. The summed E-state index contributed by atoms with van der Waals surface area (Å²) >= 11 is 5.78. The van der Waals surface area contributed by atoms with Crippen molar-refractivity contribution in [3.05, 3.63) is 33.3 Å². The highest BCUT2D eigenvalue weighted by atomic mass is 35.5. The molecule has 1 fully saturated rings. The number of nitrogens with one attached hydrogen (secondary N) is 3. The molecule has 1 aliphatic heterocycles. The Labute approximate surface area is 125 Å². The van der Waals surface area contributed by atoms with E-state index >= 15 is 0 Å². The van der Waals surface area contributed by atoms with Crippen LogP contribution in [-0.2, 0) is 9.59 Å². The van der Waals surface area contributed by atoms with Crippen molar-refractivity contribution in [2.24, 2.45) is 0 Å². The van der Waals surface area contributed by atoms with Crippen LogP contribution in [0.3, 0.4) is 0 Å². The second kappa shape index (κ2) is 6.51. The van der Waals surface area contributed by atoms with Gasteiger partial charge in [-0.15, -0.1) is 0 Å². The van der Waals surface area contributed by atoms with E-state index in [0.29, 0.717) is 18.1 Å². The fraction of sp³-hybridized carbons (Fsp3) is 0.333. The van der Waals surface area contributed by atoms with E-state index in [9.17, 15) is 19.7 Å². The monoisotopic (exact) mass is 313 g/mol. The van der Waals surface area contributed by atoms with Gasteiger partial charge in [0.25, 0.3) is 17.5 Å². The molecule has 1 unspecified atom stereocenters. The first-order valence-electron chi connectivity index (χ1n) is 6.30. The zero-order chi connectivity index (χ0) is 15.4. The number of rotatable bonds is 4. The highest BCUT2D eigenvalue weighted by Gasteiger charge is 2.23. The molecule has 3 N–H and O–H groups in total. The van der Waals surface area contributed by atoms with Crippen LogP contribution in [0.15, 0.2) is 18.2 Å². The van der Waals surface area contributed by atoms with Crippen LogP contribution < -0.4 is 15.5 Å². The van der Waals surface area contributed by atoms with E-state index in [1.807, 2.05) is 0 Å². The average molecular weight is 314 g/mol. The molecule has 0 saturated carbocycles. The SMILES string of the molecule is O=C1C[NH+](CC(=O)Nc2cc(Cl)ccc2[N+](=O)[O-])CCN1. The van der Waals surface area contributed by atoms with Crippen LogP contribution in [-0.4, -0.2) is 42.9 Å². The number of amides is 2. The minimum atomic E-state index is -0.590. The molecule has 2 rings (SSSR count). The van der Waals surface area contributed by atoms with Gasteiger partial charge in [-0.05, 0) is 12.1 Å². The van der Waals surface area contributed by atoms with Crippen LogP contribution in [0.25, 0.3) is 0 Å². The van der Waals surface area contributed by atoms with Crippen LogP contribution >= 0.6 is 11.6 Å². The summed E-state index contributed by atoms with van der Waals surface area (Å²) in [5.41, 5.74) is -0.169. The molecule has 1 aromatic rings. The summed E-state index contributed by atoms with van der Waals surface area (Å²) in [6.07, 6.45) is 0. The van der Waals surface area contributed by atoms with Gasteiger partial charge in [0, 0.05) is 11.1 Å². The van der Waals surface area contributed by atoms with E-state index in [4.69, 9.17) is 11.6 Å². The molecule has 0 aliphatic carbocycles. The Hall–Kier alpha value is -2.19. The van der Waals surface area contributed by atoms with Gasteiger partial charge < -0.3 is 15.5 Å².